The van der Waals surface area contributed by atoms with Gasteiger partial charge in [0.25, 0.3) is 0 Å². The Morgan fingerprint density at radius 1 is 1.21 bits per heavy atom. The van der Waals surface area contributed by atoms with E-state index < -0.39 is 0 Å². The number of hydrogen-bond donors (Lipinski definition) is 3. The number of H-pyrrole nitrogens is 1. The van der Waals surface area contributed by atoms with Crippen LogP contribution < -0.4 is 20.3 Å². The molecule has 170 valence electrons. The van der Waals surface area contributed by atoms with Crippen molar-refractivity contribution in [1.29, 1.82) is 5.41 Å². The van der Waals surface area contributed by atoms with Crippen molar-refractivity contribution in [2.45, 2.75) is 12.1 Å². The largest absolute Gasteiger partial charge is 0.497 e. The van der Waals surface area contributed by atoms with Crippen molar-refractivity contribution >= 4 is 50.3 Å². The van der Waals surface area contributed by atoms with E-state index in [0.717, 1.165) is 15.9 Å². The molecule has 3 N–H and O–H groups in total. The first-order valence-corrected chi connectivity index (χ1v) is 11.6. The van der Waals surface area contributed by atoms with Crippen molar-refractivity contribution in [3.05, 3.63) is 58.1 Å². The number of nitrogens with zero attached hydrogens (tertiary/aromatic N) is 3. The third kappa shape index (κ3) is 4.74. The van der Waals surface area contributed by atoms with Gasteiger partial charge in [-0.15, -0.1) is 0 Å². The van der Waals surface area contributed by atoms with E-state index in [1.54, 1.807) is 29.9 Å². The summed E-state index contributed by atoms with van der Waals surface area (Å²) in [6, 6.07) is 12.7. The fourth-order valence-electron chi connectivity index (χ4n) is 3.27. The summed E-state index contributed by atoms with van der Waals surface area (Å²) in [4.78, 5) is 17.3. The van der Waals surface area contributed by atoms with Crippen LogP contribution in [0.2, 0.25) is 0 Å². The standard InChI is InChI=1S/C22H21BrN6O3S/c1-12-19-20(24)29(14-6-4-13(23)5-7-14)22(26-21(19)28-27-12)33-11-18(30)25-16-9-8-15(31-2)10-17(16)32-3/h4-10,24H,11H2,1-3H3,(H,25,30)(H,27,28). The number of thioether (sulfide) groups is 1. The average molecular weight is 529 g/mol. The topological polar surface area (TPSA) is 118 Å². The lowest BCUT2D eigenvalue weighted by Gasteiger charge is -2.14. The number of anilines is 1. The zero-order valence-electron chi connectivity index (χ0n) is 18.1. The van der Waals surface area contributed by atoms with Gasteiger partial charge >= 0.3 is 0 Å². The van der Waals surface area contributed by atoms with E-state index in [1.807, 2.05) is 31.2 Å². The number of aromatic amines is 1. The molecule has 0 unspecified atom stereocenters. The Labute approximate surface area is 202 Å². The lowest BCUT2D eigenvalue weighted by atomic mass is 10.2. The van der Waals surface area contributed by atoms with Gasteiger partial charge in [-0.05, 0) is 43.3 Å². The Morgan fingerprint density at radius 3 is 2.67 bits per heavy atom. The molecule has 0 fully saturated rings. The number of halogens is 1. The van der Waals surface area contributed by atoms with Gasteiger partial charge in [-0.25, -0.2) is 4.98 Å². The highest BCUT2D eigenvalue weighted by Gasteiger charge is 2.17. The maximum atomic E-state index is 12.7. The van der Waals surface area contributed by atoms with E-state index in [0.29, 0.717) is 33.4 Å². The van der Waals surface area contributed by atoms with E-state index in [-0.39, 0.29) is 17.1 Å². The van der Waals surface area contributed by atoms with Gasteiger partial charge in [0.15, 0.2) is 10.8 Å². The maximum Gasteiger partial charge on any atom is 0.234 e. The number of ether oxygens (including phenoxy) is 2. The summed E-state index contributed by atoms with van der Waals surface area (Å²) in [7, 11) is 3.09. The number of rotatable bonds is 7. The SMILES string of the molecule is COc1ccc(NC(=O)CSc2nc3n[nH]c(C)c3c(=N)n2-c2ccc(Br)cc2)c(OC)c1. The highest BCUT2D eigenvalue weighted by molar-refractivity contribution is 9.10. The molecule has 1 amide bonds. The number of methoxy groups -OCH3 is 2. The highest BCUT2D eigenvalue weighted by atomic mass is 79.9. The monoisotopic (exact) mass is 528 g/mol. The van der Waals surface area contributed by atoms with Crippen molar-refractivity contribution in [3.63, 3.8) is 0 Å². The number of carbonyl (C=O) groups excluding carboxylic acids is 1. The van der Waals surface area contributed by atoms with Gasteiger partial charge in [-0.2, -0.15) is 5.10 Å². The van der Waals surface area contributed by atoms with Gasteiger partial charge in [-0.1, -0.05) is 27.7 Å². The van der Waals surface area contributed by atoms with Crippen LogP contribution in [-0.4, -0.2) is 45.6 Å². The summed E-state index contributed by atoms with van der Waals surface area (Å²) in [5, 5.41) is 19.9. The molecular formula is C22H21BrN6O3S. The molecule has 33 heavy (non-hydrogen) atoms. The van der Waals surface area contributed by atoms with Crippen LogP contribution in [0.3, 0.4) is 0 Å². The number of carbonyl (C=O) groups is 1. The van der Waals surface area contributed by atoms with Crippen LogP contribution in [0.4, 0.5) is 5.69 Å². The summed E-state index contributed by atoms with van der Waals surface area (Å²) >= 11 is 4.66. The fraction of sp³-hybridized carbons (Fsp3) is 0.182. The molecule has 2 heterocycles. The molecular weight excluding hydrogens is 508 g/mol. The zero-order valence-corrected chi connectivity index (χ0v) is 20.5. The van der Waals surface area contributed by atoms with Crippen LogP contribution in [0.1, 0.15) is 5.69 Å². The van der Waals surface area contributed by atoms with E-state index in [1.165, 1.54) is 18.9 Å². The Bertz CT molecular complexity index is 1380. The van der Waals surface area contributed by atoms with E-state index >= 15 is 0 Å². The van der Waals surface area contributed by atoms with Crippen LogP contribution in [0.25, 0.3) is 16.7 Å². The first-order valence-electron chi connectivity index (χ1n) is 9.84. The lowest BCUT2D eigenvalue weighted by Crippen LogP contribution is -2.23. The molecule has 0 bridgehead atoms. The molecule has 11 heteroatoms. The van der Waals surface area contributed by atoms with Crippen molar-refractivity contribution in [2.24, 2.45) is 0 Å². The molecule has 0 saturated carbocycles. The number of benzene rings is 2. The minimum atomic E-state index is -0.238. The summed E-state index contributed by atoms with van der Waals surface area (Å²) < 4.78 is 13.2. The van der Waals surface area contributed by atoms with Crippen molar-refractivity contribution in [3.8, 4) is 17.2 Å². The normalized spacial score (nSPS) is 10.9. The second-order valence-corrected chi connectivity index (χ2v) is 8.86. The summed E-state index contributed by atoms with van der Waals surface area (Å²) in [6.45, 7) is 1.85. The van der Waals surface area contributed by atoms with Crippen LogP contribution in [0.5, 0.6) is 11.5 Å². The molecule has 0 saturated heterocycles. The Hall–Kier alpha value is -3.31. The molecule has 0 radical (unpaired) electrons. The molecule has 0 aliphatic heterocycles. The smallest absolute Gasteiger partial charge is 0.234 e. The van der Waals surface area contributed by atoms with E-state index in [4.69, 9.17) is 14.9 Å². The number of hydrogen-bond acceptors (Lipinski definition) is 7. The molecule has 0 aliphatic rings. The predicted octanol–water partition coefficient (Wildman–Crippen LogP) is 4.05. The van der Waals surface area contributed by atoms with E-state index in [9.17, 15) is 4.79 Å². The second kappa shape index (κ2) is 9.67. The predicted molar refractivity (Wildman–Crippen MR) is 130 cm³/mol. The number of amides is 1. The first kappa shape index (κ1) is 22.9. The molecule has 9 nitrogen and oxygen atoms in total. The minimum absolute atomic E-state index is 0.0765. The zero-order chi connectivity index (χ0) is 23.5. The molecule has 4 rings (SSSR count). The number of aryl methyl sites for hydroxylation is 1. The summed E-state index contributed by atoms with van der Waals surface area (Å²) in [5.74, 6) is 0.965. The molecule has 2 aromatic carbocycles. The minimum Gasteiger partial charge on any atom is -0.497 e. The molecule has 2 aromatic heterocycles. The summed E-state index contributed by atoms with van der Waals surface area (Å²) in [6.07, 6.45) is 0. The molecule has 4 aromatic rings. The van der Waals surface area contributed by atoms with Gasteiger partial charge < -0.3 is 14.8 Å². The van der Waals surface area contributed by atoms with Crippen molar-refractivity contribution in [1.82, 2.24) is 19.7 Å². The van der Waals surface area contributed by atoms with Gasteiger partial charge in [0, 0.05) is 21.9 Å². The third-order valence-corrected chi connectivity index (χ3v) is 6.35. The van der Waals surface area contributed by atoms with Gasteiger partial charge in [0.05, 0.1) is 31.0 Å². The Balaban J connectivity index is 1.63. The van der Waals surface area contributed by atoms with Crippen LogP contribution in [0.15, 0.2) is 52.1 Å². The highest BCUT2D eigenvalue weighted by Crippen LogP contribution is 2.29. The number of fused-ring (bicyclic) bond motifs is 1. The Morgan fingerprint density at radius 2 is 1.97 bits per heavy atom. The Kier molecular flexibility index (Phi) is 6.70. The molecule has 0 atom stereocenters. The third-order valence-electron chi connectivity index (χ3n) is 4.88. The van der Waals surface area contributed by atoms with Gasteiger partial charge in [0.2, 0.25) is 5.91 Å². The lowest BCUT2D eigenvalue weighted by molar-refractivity contribution is -0.113. The van der Waals surface area contributed by atoms with Gasteiger partial charge in [0.1, 0.15) is 17.0 Å². The van der Waals surface area contributed by atoms with Crippen molar-refractivity contribution in [2.75, 3.05) is 25.3 Å². The van der Waals surface area contributed by atoms with Crippen LogP contribution >= 0.6 is 27.7 Å². The summed E-state index contributed by atoms with van der Waals surface area (Å²) in [5.41, 5.74) is 2.74. The van der Waals surface area contributed by atoms with Crippen molar-refractivity contribution < 1.29 is 14.3 Å². The first-order chi connectivity index (χ1) is 15.9. The molecule has 0 spiro atoms. The maximum absolute atomic E-state index is 12.7. The number of aromatic nitrogens is 4. The quantitative estimate of drug-likeness (QED) is 0.246. The van der Waals surface area contributed by atoms with E-state index in [2.05, 4.69) is 36.4 Å². The second-order valence-electron chi connectivity index (χ2n) is 7.01. The van der Waals surface area contributed by atoms with Crippen LogP contribution in [-0.2, 0) is 4.79 Å². The fourth-order valence-corrected chi connectivity index (χ4v) is 4.35. The number of nitrogens with one attached hydrogen (secondary N) is 3. The average Bonchev–Trinajstić information content (AvgIpc) is 3.19. The van der Waals surface area contributed by atoms with Crippen LogP contribution in [0, 0.1) is 12.3 Å². The molecule has 0 aliphatic carbocycles. The van der Waals surface area contributed by atoms with Gasteiger partial charge in [-0.3, -0.25) is 19.9 Å².